The zero-order chi connectivity index (χ0) is 10.0. The molecule has 4 heteroatoms. The number of amides is 1. The number of nitrogens with one attached hydrogen (secondary N) is 2. The molecular formula is C9H17N3O. The van der Waals surface area contributed by atoms with Crippen molar-refractivity contribution in [3.8, 4) is 0 Å². The fraction of sp³-hybridized carbons (Fsp3) is 0.778. The fourth-order valence-electron chi connectivity index (χ4n) is 1.48. The molecule has 0 aliphatic carbocycles. The van der Waals surface area contributed by atoms with Crippen molar-refractivity contribution in [1.82, 2.24) is 10.2 Å². The molecule has 1 saturated heterocycles. The summed E-state index contributed by atoms with van der Waals surface area (Å²) in [4.78, 5) is 13.0. The van der Waals surface area contributed by atoms with Crippen LogP contribution in [0.4, 0.5) is 0 Å². The Bertz CT molecular complexity index is 225. The van der Waals surface area contributed by atoms with Crippen molar-refractivity contribution in [2.24, 2.45) is 5.92 Å². The Morgan fingerprint density at radius 2 is 2.31 bits per heavy atom. The molecule has 1 heterocycles. The van der Waals surface area contributed by atoms with Crippen molar-refractivity contribution < 1.29 is 4.79 Å². The van der Waals surface area contributed by atoms with Crippen molar-refractivity contribution in [3.63, 3.8) is 0 Å². The molecule has 13 heavy (non-hydrogen) atoms. The van der Waals surface area contributed by atoms with Gasteiger partial charge in [0, 0.05) is 18.5 Å². The second-order valence-corrected chi connectivity index (χ2v) is 3.89. The van der Waals surface area contributed by atoms with E-state index in [4.69, 9.17) is 5.41 Å². The van der Waals surface area contributed by atoms with Gasteiger partial charge in [-0.05, 0) is 6.92 Å². The van der Waals surface area contributed by atoms with E-state index in [2.05, 4.69) is 5.32 Å². The second-order valence-electron chi connectivity index (χ2n) is 3.89. The topological polar surface area (TPSA) is 56.2 Å². The van der Waals surface area contributed by atoms with E-state index in [0.29, 0.717) is 12.4 Å². The Kier molecular flexibility index (Phi) is 2.90. The average molecular weight is 183 g/mol. The maximum absolute atomic E-state index is 11.2. The number of carbonyl (C=O) groups is 1. The number of hydrogen-bond acceptors (Lipinski definition) is 2. The molecule has 1 amide bonds. The molecule has 0 radical (unpaired) electrons. The van der Waals surface area contributed by atoms with Crippen LogP contribution in [-0.2, 0) is 4.79 Å². The lowest BCUT2D eigenvalue weighted by Crippen LogP contribution is -2.55. The summed E-state index contributed by atoms with van der Waals surface area (Å²) in [7, 11) is 0. The van der Waals surface area contributed by atoms with Crippen LogP contribution in [0.15, 0.2) is 0 Å². The highest BCUT2D eigenvalue weighted by Crippen LogP contribution is 2.06. The largest absolute Gasteiger partial charge is 0.350 e. The van der Waals surface area contributed by atoms with Crippen molar-refractivity contribution in [1.29, 1.82) is 5.41 Å². The van der Waals surface area contributed by atoms with Crippen molar-refractivity contribution >= 4 is 11.7 Å². The van der Waals surface area contributed by atoms with Crippen LogP contribution in [0.3, 0.4) is 0 Å². The van der Waals surface area contributed by atoms with Crippen LogP contribution in [0.25, 0.3) is 0 Å². The fourth-order valence-corrected chi connectivity index (χ4v) is 1.48. The molecule has 1 aliphatic heterocycles. The first kappa shape index (κ1) is 10.0. The predicted molar refractivity (Wildman–Crippen MR) is 51.7 cm³/mol. The summed E-state index contributed by atoms with van der Waals surface area (Å²) >= 11 is 0. The van der Waals surface area contributed by atoms with E-state index in [-0.39, 0.29) is 17.9 Å². The minimum Gasteiger partial charge on any atom is -0.350 e. The van der Waals surface area contributed by atoms with Gasteiger partial charge < -0.3 is 10.2 Å². The Balaban J connectivity index is 2.60. The van der Waals surface area contributed by atoms with Crippen molar-refractivity contribution in [2.45, 2.75) is 26.8 Å². The van der Waals surface area contributed by atoms with E-state index in [1.807, 2.05) is 25.7 Å². The monoisotopic (exact) mass is 183 g/mol. The van der Waals surface area contributed by atoms with Gasteiger partial charge in [0.1, 0.15) is 0 Å². The molecule has 0 aromatic heterocycles. The number of hydrogen-bond donors (Lipinski definition) is 2. The quantitative estimate of drug-likeness (QED) is 0.458. The number of amidine groups is 1. The van der Waals surface area contributed by atoms with Gasteiger partial charge in [-0.25, -0.2) is 0 Å². The third-order valence-corrected chi connectivity index (χ3v) is 2.12. The van der Waals surface area contributed by atoms with E-state index in [9.17, 15) is 4.79 Å². The van der Waals surface area contributed by atoms with E-state index < -0.39 is 0 Å². The summed E-state index contributed by atoms with van der Waals surface area (Å²) in [5.41, 5.74) is 0. The summed E-state index contributed by atoms with van der Waals surface area (Å²) in [5.74, 6) is 0.768. The first-order valence-corrected chi connectivity index (χ1v) is 4.63. The molecule has 2 N–H and O–H groups in total. The molecule has 1 unspecified atom stereocenters. The summed E-state index contributed by atoms with van der Waals surface area (Å²) in [6.07, 6.45) is 0. The lowest BCUT2D eigenvalue weighted by Gasteiger charge is -2.34. The molecule has 0 aromatic carbocycles. The third kappa shape index (κ3) is 2.44. The molecule has 0 spiro atoms. The summed E-state index contributed by atoms with van der Waals surface area (Å²) < 4.78 is 0. The Morgan fingerprint density at radius 1 is 1.69 bits per heavy atom. The van der Waals surface area contributed by atoms with Gasteiger partial charge in [-0.15, -0.1) is 0 Å². The van der Waals surface area contributed by atoms with E-state index >= 15 is 0 Å². The standard InChI is InChI=1S/C9H17N3O/c1-6(2)9(10)12-4-7(3)11-8(13)5-12/h6-7,10H,4-5H2,1-3H3,(H,11,13). The predicted octanol–water partition coefficient (Wildman–Crippen LogP) is 0.440. The Hall–Kier alpha value is -1.06. The van der Waals surface area contributed by atoms with Crippen LogP contribution in [0, 0.1) is 11.3 Å². The minimum absolute atomic E-state index is 0.0177. The van der Waals surface area contributed by atoms with Crippen LogP contribution in [0.1, 0.15) is 20.8 Å². The van der Waals surface area contributed by atoms with Gasteiger partial charge in [-0.2, -0.15) is 0 Å². The summed E-state index contributed by atoms with van der Waals surface area (Å²) in [6.45, 7) is 6.99. The van der Waals surface area contributed by atoms with E-state index in [1.54, 1.807) is 0 Å². The zero-order valence-electron chi connectivity index (χ0n) is 8.42. The number of carbonyl (C=O) groups excluding carboxylic acids is 1. The van der Waals surface area contributed by atoms with Gasteiger partial charge in [0.15, 0.2) is 0 Å². The van der Waals surface area contributed by atoms with Crippen LogP contribution in [-0.4, -0.2) is 35.8 Å². The van der Waals surface area contributed by atoms with Crippen LogP contribution in [0.5, 0.6) is 0 Å². The Labute approximate surface area is 78.8 Å². The molecule has 1 rings (SSSR count). The highest BCUT2D eigenvalue weighted by Gasteiger charge is 2.24. The smallest absolute Gasteiger partial charge is 0.239 e. The van der Waals surface area contributed by atoms with Gasteiger partial charge in [0.05, 0.1) is 12.4 Å². The highest BCUT2D eigenvalue weighted by molar-refractivity contribution is 5.88. The summed E-state index contributed by atoms with van der Waals surface area (Å²) in [5, 5.41) is 10.6. The number of piperazine rings is 1. The maximum atomic E-state index is 11.2. The van der Waals surface area contributed by atoms with Gasteiger partial charge in [0.25, 0.3) is 0 Å². The van der Waals surface area contributed by atoms with Crippen LogP contribution in [0.2, 0.25) is 0 Å². The van der Waals surface area contributed by atoms with Gasteiger partial charge >= 0.3 is 0 Å². The van der Waals surface area contributed by atoms with Crippen LogP contribution < -0.4 is 5.32 Å². The maximum Gasteiger partial charge on any atom is 0.239 e. The van der Waals surface area contributed by atoms with Crippen molar-refractivity contribution in [2.75, 3.05) is 13.1 Å². The summed E-state index contributed by atoms with van der Waals surface area (Å²) in [6, 6.07) is 0.153. The second kappa shape index (κ2) is 3.77. The molecule has 0 saturated carbocycles. The normalized spacial score (nSPS) is 23.2. The minimum atomic E-state index is 0.0177. The van der Waals surface area contributed by atoms with Gasteiger partial charge in [0.2, 0.25) is 5.91 Å². The molecule has 74 valence electrons. The lowest BCUT2D eigenvalue weighted by atomic mass is 10.1. The molecule has 1 aliphatic rings. The SMILES string of the molecule is CC1CN(C(=N)C(C)C)CC(=O)N1. The molecule has 1 fully saturated rings. The van der Waals surface area contributed by atoms with Gasteiger partial charge in [-0.1, -0.05) is 13.8 Å². The first-order valence-electron chi connectivity index (χ1n) is 4.63. The first-order chi connectivity index (χ1) is 6.00. The lowest BCUT2D eigenvalue weighted by molar-refractivity contribution is -0.124. The molecule has 0 aromatic rings. The number of rotatable bonds is 1. The zero-order valence-corrected chi connectivity index (χ0v) is 8.42. The average Bonchev–Trinajstić information content (AvgIpc) is 2.01. The highest BCUT2D eigenvalue weighted by atomic mass is 16.2. The van der Waals surface area contributed by atoms with Crippen molar-refractivity contribution in [3.05, 3.63) is 0 Å². The van der Waals surface area contributed by atoms with Crippen LogP contribution >= 0.6 is 0 Å². The third-order valence-electron chi connectivity index (χ3n) is 2.12. The van der Waals surface area contributed by atoms with E-state index in [0.717, 1.165) is 6.54 Å². The Morgan fingerprint density at radius 3 is 2.77 bits per heavy atom. The molecule has 4 nitrogen and oxygen atoms in total. The van der Waals surface area contributed by atoms with E-state index in [1.165, 1.54) is 0 Å². The number of nitrogens with zero attached hydrogens (tertiary/aromatic N) is 1. The molecule has 1 atom stereocenters. The van der Waals surface area contributed by atoms with Gasteiger partial charge in [-0.3, -0.25) is 10.2 Å². The molecular weight excluding hydrogens is 166 g/mol. The molecule has 0 bridgehead atoms.